The average molecular weight is 213 g/mol. The zero-order chi connectivity index (χ0) is 10.7. The van der Waals surface area contributed by atoms with Crippen molar-refractivity contribution in [3.05, 3.63) is 0 Å². The van der Waals surface area contributed by atoms with Gasteiger partial charge in [-0.25, -0.2) is 0 Å². The van der Waals surface area contributed by atoms with Crippen LogP contribution < -0.4 is 5.32 Å². The minimum atomic E-state index is 0.411. The number of hydrogen-bond acceptors (Lipinski definition) is 4. The van der Waals surface area contributed by atoms with Gasteiger partial charge in [0.2, 0.25) is 0 Å². The van der Waals surface area contributed by atoms with E-state index in [4.69, 9.17) is 4.74 Å². The van der Waals surface area contributed by atoms with Crippen molar-refractivity contribution in [2.45, 2.75) is 19.1 Å². The Hall–Kier alpha value is -0.160. The van der Waals surface area contributed by atoms with Crippen LogP contribution in [0.5, 0.6) is 0 Å². The molecule has 0 unspecified atom stereocenters. The summed E-state index contributed by atoms with van der Waals surface area (Å²) in [5.74, 6) is 0. The van der Waals surface area contributed by atoms with Gasteiger partial charge in [0.15, 0.2) is 0 Å². The second kappa shape index (κ2) is 5.25. The molecule has 15 heavy (non-hydrogen) atoms. The summed E-state index contributed by atoms with van der Waals surface area (Å²) in [5, 5.41) is 3.47. The molecule has 0 aromatic carbocycles. The molecule has 2 atom stereocenters. The second-order valence-corrected chi connectivity index (χ2v) is 4.87. The number of nitrogens with zero attached hydrogens (tertiary/aromatic N) is 2. The van der Waals surface area contributed by atoms with Gasteiger partial charge < -0.3 is 15.0 Å². The van der Waals surface area contributed by atoms with E-state index in [1.807, 2.05) is 0 Å². The SMILES string of the molecule is C[C@@H]1CN(C[C@H]2CN(C)CCO2)CCN1. The Balaban J connectivity index is 1.75. The summed E-state index contributed by atoms with van der Waals surface area (Å²) < 4.78 is 5.78. The monoisotopic (exact) mass is 213 g/mol. The van der Waals surface area contributed by atoms with E-state index in [9.17, 15) is 0 Å². The molecule has 4 nitrogen and oxygen atoms in total. The number of hydrogen-bond donors (Lipinski definition) is 1. The molecule has 0 bridgehead atoms. The Morgan fingerprint density at radius 1 is 1.33 bits per heavy atom. The molecule has 0 aromatic heterocycles. The summed E-state index contributed by atoms with van der Waals surface area (Å²) in [7, 11) is 2.18. The van der Waals surface area contributed by atoms with Gasteiger partial charge in [0.05, 0.1) is 12.7 Å². The van der Waals surface area contributed by atoms with Crippen LogP contribution in [0.3, 0.4) is 0 Å². The molecule has 0 aromatic rings. The van der Waals surface area contributed by atoms with Crippen LogP contribution in [0.15, 0.2) is 0 Å². The van der Waals surface area contributed by atoms with E-state index in [1.54, 1.807) is 0 Å². The fourth-order valence-corrected chi connectivity index (χ4v) is 2.44. The lowest BCUT2D eigenvalue weighted by atomic mass is 10.2. The van der Waals surface area contributed by atoms with Crippen molar-refractivity contribution in [2.75, 3.05) is 52.9 Å². The minimum Gasteiger partial charge on any atom is -0.374 e. The van der Waals surface area contributed by atoms with E-state index in [2.05, 4.69) is 29.1 Å². The van der Waals surface area contributed by atoms with E-state index in [1.165, 1.54) is 0 Å². The average Bonchev–Trinajstić information content (AvgIpc) is 2.17. The van der Waals surface area contributed by atoms with Gasteiger partial charge in [-0.1, -0.05) is 0 Å². The van der Waals surface area contributed by atoms with Crippen LogP contribution >= 0.6 is 0 Å². The molecule has 2 heterocycles. The Labute approximate surface area is 92.6 Å². The van der Waals surface area contributed by atoms with E-state index >= 15 is 0 Å². The third kappa shape index (κ3) is 3.41. The highest BCUT2D eigenvalue weighted by Gasteiger charge is 2.23. The van der Waals surface area contributed by atoms with Gasteiger partial charge in [-0.2, -0.15) is 0 Å². The van der Waals surface area contributed by atoms with Crippen LogP contribution in [0.4, 0.5) is 0 Å². The zero-order valence-electron chi connectivity index (χ0n) is 9.91. The molecule has 0 spiro atoms. The summed E-state index contributed by atoms with van der Waals surface area (Å²) in [6.45, 7) is 9.83. The largest absolute Gasteiger partial charge is 0.374 e. The highest BCUT2D eigenvalue weighted by Crippen LogP contribution is 2.07. The highest BCUT2D eigenvalue weighted by molar-refractivity contribution is 4.79. The normalized spacial score (nSPS) is 35.6. The predicted molar refractivity (Wildman–Crippen MR) is 61.1 cm³/mol. The first-order valence-electron chi connectivity index (χ1n) is 6.00. The summed E-state index contributed by atoms with van der Waals surface area (Å²) in [5.41, 5.74) is 0. The highest BCUT2D eigenvalue weighted by atomic mass is 16.5. The zero-order valence-corrected chi connectivity index (χ0v) is 9.91. The maximum absolute atomic E-state index is 5.78. The van der Waals surface area contributed by atoms with Gasteiger partial charge in [-0.3, -0.25) is 4.90 Å². The molecule has 2 saturated heterocycles. The smallest absolute Gasteiger partial charge is 0.0829 e. The van der Waals surface area contributed by atoms with Crippen molar-refractivity contribution in [3.8, 4) is 0 Å². The molecular formula is C11H23N3O. The van der Waals surface area contributed by atoms with Gasteiger partial charge in [-0.05, 0) is 14.0 Å². The third-order valence-electron chi connectivity index (χ3n) is 3.26. The topological polar surface area (TPSA) is 27.7 Å². The third-order valence-corrected chi connectivity index (χ3v) is 3.26. The standard InChI is InChI=1S/C11H23N3O/c1-10-7-14(4-3-12-10)9-11-8-13(2)5-6-15-11/h10-12H,3-9H2,1-2H3/t10-,11-/m1/s1. The maximum atomic E-state index is 5.78. The maximum Gasteiger partial charge on any atom is 0.0829 e. The van der Waals surface area contributed by atoms with E-state index in [0.29, 0.717) is 12.1 Å². The predicted octanol–water partition coefficient (Wildman–Crippen LogP) is -0.389. The van der Waals surface area contributed by atoms with E-state index in [-0.39, 0.29) is 0 Å². The molecule has 2 aliphatic rings. The van der Waals surface area contributed by atoms with Gasteiger partial charge in [-0.15, -0.1) is 0 Å². The number of ether oxygens (including phenoxy) is 1. The van der Waals surface area contributed by atoms with Crippen LogP contribution in [0, 0.1) is 0 Å². The number of likely N-dealkylation sites (N-methyl/N-ethyl adjacent to an activating group) is 1. The number of morpholine rings is 1. The van der Waals surface area contributed by atoms with E-state index in [0.717, 1.165) is 45.9 Å². The Morgan fingerprint density at radius 2 is 2.20 bits per heavy atom. The van der Waals surface area contributed by atoms with Crippen LogP contribution in [0.25, 0.3) is 0 Å². The molecule has 0 saturated carbocycles. The number of nitrogens with one attached hydrogen (secondary N) is 1. The van der Waals surface area contributed by atoms with Crippen molar-refractivity contribution in [2.24, 2.45) is 0 Å². The van der Waals surface area contributed by atoms with Crippen LogP contribution in [-0.4, -0.2) is 74.9 Å². The molecule has 88 valence electrons. The van der Waals surface area contributed by atoms with Crippen molar-refractivity contribution in [1.82, 2.24) is 15.1 Å². The van der Waals surface area contributed by atoms with Crippen molar-refractivity contribution < 1.29 is 4.74 Å². The summed E-state index contributed by atoms with van der Waals surface area (Å²) in [6.07, 6.45) is 0.411. The molecule has 4 heteroatoms. The molecule has 0 amide bonds. The Morgan fingerprint density at radius 3 is 2.93 bits per heavy atom. The quantitative estimate of drug-likeness (QED) is 0.676. The minimum absolute atomic E-state index is 0.411. The molecular weight excluding hydrogens is 190 g/mol. The molecule has 2 aliphatic heterocycles. The van der Waals surface area contributed by atoms with Crippen LogP contribution in [-0.2, 0) is 4.74 Å². The first-order valence-corrected chi connectivity index (χ1v) is 6.00. The van der Waals surface area contributed by atoms with Crippen molar-refractivity contribution >= 4 is 0 Å². The van der Waals surface area contributed by atoms with E-state index < -0.39 is 0 Å². The van der Waals surface area contributed by atoms with Gasteiger partial charge in [0.1, 0.15) is 0 Å². The molecule has 2 rings (SSSR count). The first kappa shape index (κ1) is 11.3. The fourth-order valence-electron chi connectivity index (χ4n) is 2.44. The lowest BCUT2D eigenvalue weighted by molar-refractivity contribution is -0.0383. The molecule has 0 radical (unpaired) electrons. The summed E-state index contributed by atoms with van der Waals surface area (Å²) in [6, 6.07) is 0.625. The first-order chi connectivity index (χ1) is 7.24. The molecule has 1 N–H and O–H groups in total. The summed E-state index contributed by atoms with van der Waals surface area (Å²) in [4.78, 5) is 4.88. The lowest BCUT2D eigenvalue weighted by Gasteiger charge is -2.37. The van der Waals surface area contributed by atoms with Gasteiger partial charge in [0.25, 0.3) is 0 Å². The Kier molecular flexibility index (Phi) is 3.97. The van der Waals surface area contributed by atoms with Crippen LogP contribution in [0.2, 0.25) is 0 Å². The van der Waals surface area contributed by atoms with Crippen molar-refractivity contribution in [1.29, 1.82) is 0 Å². The van der Waals surface area contributed by atoms with Gasteiger partial charge >= 0.3 is 0 Å². The van der Waals surface area contributed by atoms with Gasteiger partial charge in [0, 0.05) is 45.3 Å². The molecule has 2 fully saturated rings. The Bertz CT molecular complexity index is 180. The number of rotatable bonds is 2. The lowest BCUT2D eigenvalue weighted by Crippen LogP contribution is -2.53. The second-order valence-electron chi connectivity index (χ2n) is 4.87. The van der Waals surface area contributed by atoms with Crippen molar-refractivity contribution in [3.63, 3.8) is 0 Å². The molecule has 0 aliphatic carbocycles. The van der Waals surface area contributed by atoms with Crippen LogP contribution in [0.1, 0.15) is 6.92 Å². The fraction of sp³-hybridized carbons (Fsp3) is 1.00. The summed E-state index contributed by atoms with van der Waals surface area (Å²) >= 11 is 0. The number of piperazine rings is 1.